The summed E-state index contributed by atoms with van der Waals surface area (Å²) in [5.41, 5.74) is 2.27. The number of hydrogen-bond acceptors (Lipinski definition) is 3. The van der Waals surface area contributed by atoms with Gasteiger partial charge in [0.05, 0.1) is 0 Å². The van der Waals surface area contributed by atoms with Crippen molar-refractivity contribution in [1.29, 1.82) is 0 Å². The maximum atomic E-state index is 11.3. The molecule has 1 heterocycles. The number of rotatable bonds is 6. The molecule has 20 heavy (non-hydrogen) atoms. The Morgan fingerprint density at radius 1 is 1.05 bits per heavy atom. The van der Waals surface area contributed by atoms with Gasteiger partial charge in [-0.25, -0.2) is 13.1 Å². The molecule has 1 saturated heterocycles. The third kappa shape index (κ3) is 5.16. The van der Waals surface area contributed by atoms with Gasteiger partial charge in [-0.2, -0.15) is 0 Å². The molecule has 6 heteroatoms. The summed E-state index contributed by atoms with van der Waals surface area (Å²) in [6.45, 7) is 3.71. The summed E-state index contributed by atoms with van der Waals surface area (Å²) in [7, 11) is -3.19. The summed E-state index contributed by atoms with van der Waals surface area (Å²) >= 11 is 2.96. The highest BCUT2D eigenvalue weighted by atomic mass is 79.9. The van der Waals surface area contributed by atoms with E-state index in [-0.39, 0.29) is 4.66 Å². The van der Waals surface area contributed by atoms with Crippen molar-refractivity contribution in [2.24, 2.45) is 0 Å². The fourth-order valence-electron chi connectivity index (χ4n) is 2.37. The van der Waals surface area contributed by atoms with Crippen molar-refractivity contribution in [1.82, 2.24) is 9.62 Å². The van der Waals surface area contributed by atoms with Crippen molar-refractivity contribution in [2.75, 3.05) is 17.8 Å². The first kappa shape index (κ1) is 15.9. The average Bonchev–Trinajstić information content (AvgIpc) is 2.48. The van der Waals surface area contributed by atoms with Crippen LogP contribution in [-0.2, 0) is 23.1 Å². The predicted octanol–water partition coefficient (Wildman–Crippen LogP) is 2.44. The number of nitrogens with one attached hydrogen (secondary N) is 1. The fraction of sp³-hybridized carbons (Fsp3) is 0.571. The van der Waals surface area contributed by atoms with Crippen molar-refractivity contribution < 1.29 is 8.42 Å². The van der Waals surface area contributed by atoms with Gasteiger partial charge in [0.15, 0.2) is 0 Å². The van der Waals surface area contributed by atoms with Crippen LogP contribution in [0.4, 0.5) is 0 Å². The Balaban J connectivity index is 1.86. The lowest BCUT2D eigenvalue weighted by atomic mass is 10.1. The molecule has 112 valence electrons. The Bertz CT molecular complexity index is 510. The van der Waals surface area contributed by atoms with Gasteiger partial charge in [-0.3, -0.25) is 4.90 Å². The van der Waals surface area contributed by atoms with Crippen LogP contribution in [0, 0.1) is 0 Å². The average molecular weight is 361 g/mol. The summed E-state index contributed by atoms with van der Waals surface area (Å²) in [5, 5.41) is 0. The van der Waals surface area contributed by atoms with Gasteiger partial charge in [0.2, 0.25) is 10.0 Å². The Labute approximate surface area is 129 Å². The van der Waals surface area contributed by atoms with E-state index in [9.17, 15) is 8.42 Å². The van der Waals surface area contributed by atoms with E-state index in [1.165, 1.54) is 37.9 Å². The van der Waals surface area contributed by atoms with Gasteiger partial charge in [0.1, 0.15) is 4.66 Å². The molecule has 0 saturated carbocycles. The maximum Gasteiger partial charge on any atom is 0.221 e. The smallest absolute Gasteiger partial charge is 0.221 e. The second-order valence-corrected chi connectivity index (χ2v) is 8.31. The normalized spacial score (nSPS) is 17.2. The molecule has 0 amide bonds. The van der Waals surface area contributed by atoms with Gasteiger partial charge in [-0.05, 0) is 37.1 Å². The first-order valence-electron chi connectivity index (χ1n) is 6.92. The summed E-state index contributed by atoms with van der Waals surface area (Å²) in [6, 6.07) is 8.17. The molecule has 1 aromatic rings. The number of benzene rings is 1. The molecule has 0 bridgehead atoms. The lowest BCUT2D eigenvalue weighted by molar-refractivity contribution is 0.221. The third-order valence-electron chi connectivity index (χ3n) is 3.52. The predicted molar refractivity (Wildman–Crippen MR) is 85.1 cm³/mol. The highest BCUT2D eigenvalue weighted by Crippen LogP contribution is 2.13. The number of halogens is 1. The minimum Gasteiger partial charge on any atom is -0.299 e. The highest BCUT2D eigenvalue weighted by molar-refractivity contribution is 9.10. The number of alkyl halides is 1. The SMILES string of the molecule is O=S(=O)(CBr)NCc1ccc(CN2CCCCC2)cc1. The first-order valence-corrected chi connectivity index (χ1v) is 9.70. The van der Waals surface area contributed by atoms with E-state index in [0.717, 1.165) is 12.1 Å². The van der Waals surface area contributed by atoms with Gasteiger partial charge < -0.3 is 0 Å². The van der Waals surface area contributed by atoms with E-state index in [4.69, 9.17) is 0 Å². The molecule has 1 aliphatic rings. The monoisotopic (exact) mass is 360 g/mol. The maximum absolute atomic E-state index is 11.3. The van der Waals surface area contributed by atoms with Crippen molar-refractivity contribution in [3.8, 4) is 0 Å². The van der Waals surface area contributed by atoms with E-state index in [1.807, 2.05) is 12.1 Å². The van der Waals surface area contributed by atoms with Crippen LogP contribution in [0.2, 0.25) is 0 Å². The standard InChI is InChI=1S/C14H21BrN2O2S/c15-12-20(18,19)16-10-13-4-6-14(7-5-13)11-17-8-2-1-3-9-17/h4-7,16H,1-3,8-12H2. The molecule has 1 aliphatic heterocycles. The quantitative estimate of drug-likeness (QED) is 0.792. The zero-order chi connectivity index (χ0) is 14.4. The molecule has 0 aromatic heterocycles. The lowest BCUT2D eigenvalue weighted by Crippen LogP contribution is -2.29. The Kier molecular flexibility index (Phi) is 6.01. The molecule has 0 atom stereocenters. The minimum absolute atomic E-state index is 0.0625. The van der Waals surface area contributed by atoms with Gasteiger partial charge in [-0.15, -0.1) is 0 Å². The second kappa shape index (κ2) is 7.54. The molecule has 0 radical (unpaired) electrons. The van der Waals surface area contributed by atoms with Gasteiger partial charge in [0, 0.05) is 13.1 Å². The van der Waals surface area contributed by atoms with E-state index < -0.39 is 10.0 Å². The van der Waals surface area contributed by atoms with Crippen LogP contribution in [0.5, 0.6) is 0 Å². The van der Waals surface area contributed by atoms with E-state index in [1.54, 1.807) is 0 Å². The van der Waals surface area contributed by atoms with E-state index in [2.05, 4.69) is 37.7 Å². The summed E-state index contributed by atoms with van der Waals surface area (Å²) < 4.78 is 25.2. The molecular formula is C14H21BrN2O2S. The number of sulfonamides is 1. The molecule has 2 rings (SSSR count). The topological polar surface area (TPSA) is 49.4 Å². The molecule has 1 fully saturated rings. The Morgan fingerprint density at radius 3 is 2.25 bits per heavy atom. The number of nitrogens with zero attached hydrogens (tertiary/aromatic N) is 1. The number of piperidine rings is 1. The van der Waals surface area contributed by atoms with Crippen LogP contribution in [0.1, 0.15) is 30.4 Å². The van der Waals surface area contributed by atoms with Crippen LogP contribution in [0.3, 0.4) is 0 Å². The minimum atomic E-state index is -3.19. The van der Waals surface area contributed by atoms with Crippen molar-refractivity contribution in [3.05, 3.63) is 35.4 Å². The van der Waals surface area contributed by atoms with Gasteiger partial charge in [0.25, 0.3) is 0 Å². The summed E-state index contributed by atoms with van der Waals surface area (Å²) in [6.07, 6.45) is 3.95. The molecular weight excluding hydrogens is 340 g/mol. The second-order valence-electron chi connectivity index (χ2n) is 5.20. The van der Waals surface area contributed by atoms with Gasteiger partial charge in [-0.1, -0.05) is 46.6 Å². The van der Waals surface area contributed by atoms with E-state index in [0.29, 0.717) is 6.54 Å². The fourth-order valence-corrected chi connectivity index (χ4v) is 3.32. The molecule has 0 spiro atoms. The largest absolute Gasteiger partial charge is 0.299 e. The number of likely N-dealkylation sites (tertiary alicyclic amines) is 1. The Morgan fingerprint density at radius 2 is 1.65 bits per heavy atom. The summed E-state index contributed by atoms with van der Waals surface area (Å²) in [4.78, 5) is 2.48. The van der Waals surface area contributed by atoms with Crippen LogP contribution < -0.4 is 4.72 Å². The van der Waals surface area contributed by atoms with Crippen LogP contribution in [0.25, 0.3) is 0 Å². The Hall–Kier alpha value is -0.430. The molecule has 4 nitrogen and oxygen atoms in total. The highest BCUT2D eigenvalue weighted by Gasteiger charge is 2.10. The lowest BCUT2D eigenvalue weighted by Gasteiger charge is -2.26. The van der Waals surface area contributed by atoms with Crippen LogP contribution in [0.15, 0.2) is 24.3 Å². The molecule has 0 aliphatic carbocycles. The third-order valence-corrected chi connectivity index (χ3v) is 6.20. The van der Waals surface area contributed by atoms with Crippen molar-refractivity contribution >= 4 is 26.0 Å². The van der Waals surface area contributed by atoms with Crippen LogP contribution in [-0.4, -0.2) is 31.1 Å². The van der Waals surface area contributed by atoms with Gasteiger partial charge >= 0.3 is 0 Å². The number of hydrogen-bond donors (Lipinski definition) is 1. The van der Waals surface area contributed by atoms with Crippen LogP contribution >= 0.6 is 15.9 Å². The molecule has 0 unspecified atom stereocenters. The molecule has 1 aromatic carbocycles. The first-order chi connectivity index (χ1) is 9.59. The molecule has 1 N–H and O–H groups in total. The zero-order valence-corrected chi connectivity index (χ0v) is 13.9. The van der Waals surface area contributed by atoms with Crippen molar-refractivity contribution in [2.45, 2.75) is 32.4 Å². The van der Waals surface area contributed by atoms with Crippen molar-refractivity contribution in [3.63, 3.8) is 0 Å². The summed E-state index contributed by atoms with van der Waals surface area (Å²) in [5.74, 6) is 0. The zero-order valence-electron chi connectivity index (χ0n) is 11.5. The van der Waals surface area contributed by atoms with E-state index >= 15 is 0 Å².